The van der Waals surface area contributed by atoms with Crippen molar-refractivity contribution in [3.8, 4) is 0 Å². The summed E-state index contributed by atoms with van der Waals surface area (Å²) < 4.78 is 102. The molecule has 3 saturated heterocycles. The minimum Gasteiger partial charge on any atom is -0.379 e. The van der Waals surface area contributed by atoms with Gasteiger partial charge in [0.05, 0.1) is 19.0 Å². The maximum absolute atomic E-state index is 14.1. The molecule has 1 aromatic carbocycles. The lowest BCUT2D eigenvalue weighted by molar-refractivity contribution is 0.0725. The van der Waals surface area contributed by atoms with Gasteiger partial charge in [-0.25, -0.2) is 26.3 Å². The van der Waals surface area contributed by atoms with Gasteiger partial charge in [-0.05, 0) is 49.7 Å². The molecule has 35 heavy (non-hydrogen) atoms. The number of nitrogens with zero attached hydrogens (tertiary/aromatic N) is 2. The van der Waals surface area contributed by atoms with E-state index >= 15 is 0 Å². The molecule has 14 heteroatoms. The van der Waals surface area contributed by atoms with Crippen molar-refractivity contribution >= 4 is 20.2 Å². The Balaban J connectivity index is 1.34. The number of rotatable bonds is 9. The largest absolute Gasteiger partial charge is 0.379 e. The minimum absolute atomic E-state index is 0.00801. The maximum atomic E-state index is 14.1. The van der Waals surface area contributed by atoms with Gasteiger partial charge < -0.3 is 10.5 Å². The summed E-state index contributed by atoms with van der Waals surface area (Å²) in [5.74, 6) is -3.73. The summed E-state index contributed by atoms with van der Waals surface area (Å²) in [6, 6.07) is 0.226. The first-order chi connectivity index (χ1) is 16.5. The van der Waals surface area contributed by atoms with Gasteiger partial charge >= 0.3 is 0 Å². The average Bonchev–Trinajstić information content (AvgIpc) is 3.09. The van der Waals surface area contributed by atoms with Crippen LogP contribution in [0.25, 0.3) is 0 Å². The molecule has 3 N–H and O–H groups in total. The molecule has 3 aliphatic heterocycles. The van der Waals surface area contributed by atoms with E-state index in [1.165, 1.54) is 8.61 Å². The van der Waals surface area contributed by atoms with Crippen LogP contribution in [0.5, 0.6) is 0 Å². The van der Waals surface area contributed by atoms with Crippen LogP contribution in [0.1, 0.15) is 31.2 Å². The molecule has 0 radical (unpaired) electrons. The quantitative estimate of drug-likeness (QED) is 0.445. The minimum atomic E-state index is -3.78. The standard InChI is InChI=1S/C21H31F3N4O5S2/c22-18-13-20(24)19(23)11-14(18)12-21(25)15-9-16-1-2-17(10-15)28(16)34(29,30)8-3-26-35(31,32)27-4-6-33-7-5-27/h11,13,15-17,21,26H,1-10,12,25H2/t15?,16?,17?,21-/m1/s1. The van der Waals surface area contributed by atoms with Crippen molar-refractivity contribution in [3.63, 3.8) is 0 Å². The van der Waals surface area contributed by atoms with Gasteiger partial charge in [-0.1, -0.05) is 0 Å². The van der Waals surface area contributed by atoms with Gasteiger partial charge in [-0.3, -0.25) is 0 Å². The number of ether oxygens (including phenoxy) is 1. The summed E-state index contributed by atoms with van der Waals surface area (Å²) in [6.45, 7) is 0.782. The van der Waals surface area contributed by atoms with Crippen molar-refractivity contribution in [2.24, 2.45) is 11.7 Å². The van der Waals surface area contributed by atoms with Crippen LogP contribution in [0.4, 0.5) is 13.2 Å². The van der Waals surface area contributed by atoms with Crippen LogP contribution in [0.15, 0.2) is 12.1 Å². The summed E-state index contributed by atoms with van der Waals surface area (Å²) in [5, 5.41) is 0. The molecule has 9 nitrogen and oxygen atoms in total. The molecule has 2 unspecified atom stereocenters. The van der Waals surface area contributed by atoms with Crippen molar-refractivity contribution in [3.05, 3.63) is 35.1 Å². The number of sulfonamides is 1. The van der Waals surface area contributed by atoms with Gasteiger partial charge in [-0.15, -0.1) is 0 Å². The summed E-state index contributed by atoms with van der Waals surface area (Å²) in [7, 11) is -7.51. The molecule has 0 amide bonds. The Morgan fingerprint density at radius 3 is 2.23 bits per heavy atom. The molecule has 0 aliphatic carbocycles. The van der Waals surface area contributed by atoms with E-state index in [2.05, 4.69) is 4.72 Å². The van der Waals surface area contributed by atoms with Crippen LogP contribution in [0.3, 0.4) is 0 Å². The highest BCUT2D eigenvalue weighted by molar-refractivity contribution is 7.89. The lowest BCUT2D eigenvalue weighted by Crippen LogP contribution is -2.52. The van der Waals surface area contributed by atoms with Crippen LogP contribution < -0.4 is 10.5 Å². The number of nitrogens with two attached hydrogens (primary N) is 1. The third kappa shape index (κ3) is 6.00. The molecular weight excluding hydrogens is 509 g/mol. The van der Waals surface area contributed by atoms with Crippen molar-refractivity contribution < 1.29 is 34.7 Å². The second kappa shape index (κ2) is 10.6. The number of piperidine rings is 1. The van der Waals surface area contributed by atoms with Gasteiger partial charge in [0.15, 0.2) is 11.6 Å². The first kappa shape index (κ1) is 26.8. The zero-order valence-electron chi connectivity index (χ0n) is 19.2. The summed E-state index contributed by atoms with van der Waals surface area (Å²) >= 11 is 0. The Bertz CT molecular complexity index is 1120. The first-order valence-electron chi connectivity index (χ1n) is 11.7. The van der Waals surface area contributed by atoms with Gasteiger partial charge in [0.1, 0.15) is 5.82 Å². The molecule has 1 aromatic rings. The topological polar surface area (TPSA) is 122 Å². The van der Waals surface area contributed by atoms with Gasteiger partial charge in [0.2, 0.25) is 10.0 Å². The molecule has 4 rings (SSSR count). The van der Waals surface area contributed by atoms with Gasteiger partial charge in [0.25, 0.3) is 10.2 Å². The van der Waals surface area contributed by atoms with Crippen molar-refractivity contribution in [1.82, 2.24) is 13.3 Å². The fourth-order valence-corrected chi connectivity index (χ4v) is 8.57. The summed E-state index contributed by atoms with van der Waals surface area (Å²) in [5.41, 5.74) is 6.29. The molecular formula is C21H31F3N4O5S2. The maximum Gasteiger partial charge on any atom is 0.279 e. The number of benzene rings is 1. The Hall–Kier alpha value is -1.29. The number of fused-ring (bicyclic) bond motifs is 2. The van der Waals surface area contributed by atoms with Gasteiger partial charge in [-0.2, -0.15) is 17.0 Å². The number of halogens is 3. The Kier molecular flexibility index (Phi) is 8.10. The van der Waals surface area contributed by atoms with E-state index in [1.54, 1.807) is 0 Å². The highest BCUT2D eigenvalue weighted by Crippen LogP contribution is 2.42. The second-order valence-corrected chi connectivity index (χ2v) is 13.1. The Morgan fingerprint density at radius 2 is 1.60 bits per heavy atom. The number of hydrogen-bond acceptors (Lipinski definition) is 6. The van der Waals surface area contributed by atoms with E-state index in [0.717, 1.165) is 6.07 Å². The molecule has 198 valence electrons. The fraction of sp³-hybridized carbons (Fsp3) is 0.714. The van der Waals surface area contributed by atoms with E-state index in [0.29, 0.717) is 45.0 Å². The molecule has 0 spiro atoms. The molecule has 3 aliphatic rings. The normalized spacial score (nSPS) is 27.3. The monoisotopic (exact) mass is 540 g/mol. The van der Waals surface area contributed by atoms with Gasteiger partial charge in [0, 0.05) is 43.8 Å². The fourth-order valence-electron chi connectivity index (χ4n) is 5.40. The molecule has 3 atom stereocenters. The SMILES string of the molecule is N[C@H](Cc1cc(F)c(F)cc1F)C1CC2CCC(C1)N2S(=O)(=O)CCNS(=O)(=O)N1CCOCC1. The van der Waals surface area contributed by atoms with E-state index in [4.69, 9.17) is 10.5 Å². The third-order valence-electron chi connectivity index (χ3n) is 7.13. The van der Waals surface area contributed by atoms with Crippen LogP contribution in [0, 0.1) is 23.4 Å². The molecule has 3 heterocycles. The zero-order valence-corrected chi connectivity index (χ0v) is 20.8. The lowest BCUT2D eigenvalue weighted by Gasteiger charge is -2.40. The van der Waals surface area contributed by atoms with Crippen molar-refractivity contribution in [2.75, 3.05) is 38.6 Å². The average molecular weight is 541 g/mol. The van der Waals surface area contributed by atoms with Crippen molar-refractivity contribution in [1.29, 1.82) is 0 Å². The second-order valence-electron chi connectivity index (χ2n) is 9.40. The number of nitrogens with one attached hydrogen (secondary N) is 1. The summed E-state index contributed by atoms with van der Waals surface area (Å²) in [6.07, 6.45) is 2.28. The Morgan fingerprint density at radius 1 is 1.00 bits per heavy atom. The van der Waals surface area contributed by atoms with Crippen LogP contribution in [-0.2, 0) is 31.4 Å². The highest BCUT2D eigenvalue weighted by Gasteiger charge is 2.47. The van der Waals surface area contributed by atoms with Crippen molar-refractivity contribution in [2.45, 2.75) is 50.2 Å². The third-order valence-corrected chi connectivity index (χ3v) is 10.7. The predicted molar refractivity (Wildman–Crippen MR) is 122 cm³/mol. The van der Waals surface area contributed by atoms with E-state index in [1.807, 2.05) is 0 Å². The first-order valence-corrected chi connectivity index (χ1v) is 14.8. The van der Waals surface area contributed by atoms with E-state index in [9.17, 15) is 30.0 Å². The van der Waals surface area contributed by atoms with E-state index < -0.39 is 43.7 Å². The number of hydrogen-bond donors (Lipinski definition) is 2. The predicted octanol–water partition coefficient (Wildman–Crippen LogP) is 0.713. The molecule has 0 saturated carbocycles. The van der Waals surface area contributed by atoms with Crippen LogP contribution in [0.2, 0.25) is 0 Å². The van der Waals surface area contributed by atoms with Crippen LogP contribution in [-0.4, -0.2) is 82.2 Å². The molecule has 0 aromatic heterocycles. The highest BCUT2D eigenvalue weighted by atomic mass is 32.2. The van der Waals surface area contributed by atoms with E-state index in [-0.39, 0.29) is 55.4 Å². The Labute approximate surface area is 204 Å². The summed E-state index contributed by atoms with van der Waals surface area (Å²) in [4.78, 5) is 0. The zero-order chi connectivity index (χ0) is 25.4. The number of morpholine rings is 1. The lowest BCUT2D eigenvalue weighted by atomic mass is 9.83. The molecule has 3 fully saturated rings. The van der Waals surface area contributed by atoms with Crippen LogP contribution >= 0.6 is 0 Å². The smallest absolute Gasteiger partial charge is 0.279 e. The molecule has 2 bridgehead atoms.